The minimum Gasteiger partial charge on any atom is -0.463 e. The smallest absolute Gasteiger partial charge is 0.372 e. The number of methoxy groups -OCH3 is 2. The van der Waals surface area contributed by atoms with Crippen LogP contribution < -0.4 is 5.32 Å². The third-order valence-electron chi connectivity index (χ3n) is 2.93. The van der Waals surface area contributed by atoms with Crippen molar-refractivity contribution in [3.63, 3.8) is 0 Å². The molecule has 0 aliphatic rings. The standard InChI is InChI=1S/C13H27NO7Si/c1-6-19-10(15)12(14-9-22,21-8-3)13(17-4,18-5)11(16)20-7-2/h14H,6-9H2,1-5,22H3. The summed E-state index contributed by atoms with van der Waals surface area (Å²) < 4.78 is 26.2. The van der Waals surface area contributed by atoms with Crippen LogP contribution in [0.3, 0.4) is 0 Å². The molecule has 0 aliphatic carbocycles. The van der Waals surface area contributed by atoms with Gasteiger partial charge in [-0.2, -0.15) is 0 Å². The topological polar surface area (TPSA) is 92.3 Å². The number of esters is 2. The Balaban J connectivity index is 6.12. The highest BCUT2D eigenvalue weighted by molar-refractivity contribution is 6.09. The van der Waals surface area contributed by atoms with Gasteiger partial charge >= 0.3 is 17.7 Å². The van der Waals surface area contributed by atoms with Gasteiger partial charge in [0.15, 0.2) is 0 Å². The van der Waals surface area contributed by atoms with Crippen molar-refractivity contribution in [3.8, 4) is 0 Å². The van der Waals surface area contributed by atoms with E-state index in [-0.39, 0.29) is 19.8 Å². The fraction of sp³-hybridized carbons (Fsp3) is 0.846. The van der Waals surface area contributed by atoms with Gasteiger partial charge < -0.3 is 23.7 Å². The summed E-state index contributed by atoms with van der Waals surface area (Å²) in [7, 11) is 3.18. The van der Waals surface area contributed by atoms with Gasteiger partial charge in [-0.1, -0.05) is 0 Å². The van der Waals surface area contributed by atoms with E-state index in [1.54, 1.807) is 20.8 Å². The molecule has 0 rings (SSSR count). The summed E-state index contributed by atoms with van der Waals surface area (Å²) in [6.07, 6.45) is 0.437. The van der Waals surface area contributed by atoms with Crippen molar-refractivity contribution in [2.45, 2.75) is 32.3 Å². The van der Waals surface area contributed by atoms with E-state index in [0.717, 1.165) is 0 Å². The molecular formula is C13H27NO7Si. The Bertz CT molecular complexity index is 354. The average molecular weight is 337 g/mol. The molecule has 0 saturated heterocycles. The fourth-order valence-electron chi connectivity index (χ4n) is 2.13. The number of nitrogens with one attached hydrogen (secondary N) is 1. The van der Waals surface area contributed by atoms with Crippen molar-refractivity contribution in [2.24, 2.45) is 0 Å². The van der Waals surface area contributed by atoms with E-state index in [2.05, 4.69) is 5.32 Å². The summed E-state index contributed by atoms with van der Waals surface area (Å²) in [5, 5.41) is 2.88. The summed E-state index contributed by atoms with van der Waals surface area (Å²) in [6, 6.07) is 0. The van der Waals surface area contributed by atoms with Crippen molar-refractivity contribution in [1.82, 2.24) is 5.32 Å². The van der Waals surface area contributed by atoms with E-state index >= 15 is 0 Å². The first-order chi connectivity index (χ1) is 10.5. The maximum Gasteiger partial charge on any atom is 0.372 e. The largest absolute Gasteiger partial charge is 0.463 e. The van der Waals surface area contributed by atoms with E-state index in [0.29, 0.717) is 16.4 Å². The van der Waals surface area contributed by atoms with Gasteiger partial charge in [0.25, 0.3) is 5.72 Å². The average Bonchev–Trinajstić information content (AvgIpc) is 2.49. The Morgan fingerprint density at radius 3 is 1.82 bits per heavy atom. The van der Waals surface area contributed by atoms with Crippen LogP contribution >= 0.6 is 0 Å². The Hall–Kier alpha value is -1.00. The van der Waals surface area contributed by atoms with Gasteiger partial charge in [0, 0.05) is 31.1 Å². The van der Waals surface area contributed by atoms with Crippen LogP contribution in [0.4, 0.5) is 0 Å². The molecule has 8 nitrogen and oxygen atoms in total. The predicted octanol–water partition coefficient (Wildman–Crippen LogP) is -1.25. The maximum absolute atomic E-state index is 12.6. The maximum atomic E-state index is 12.6. The molecule has 0 aliphatic heterocycles. The van der Waals surface area contributed by atoms with Gasteiger partial charge in [0.05, 0.1) is 13.2 Å². The van der Waals surface area contributed by atoms with Crippen LogP contribution in [-0.2, 0) is 33.3 Å². The minimum absolute atomic E-state index is 0.0964. The Kier molecular flexibility index (Phi) is 9.45. The molecule has 0 fully saturated rings. The molecule has 1 N–H and O–H groups in total. The molecule has 1 unspecified atom stereocenters. The van der Waals surface area contributed by atoms with Crippen molar-refractivity contribution in [2.75, 3.05) is 40.2 Å². The molecule has 9 heteroatoms. The first-order valence-corrected chi connectivity index (χ1v) is 8.71. The zero-order valence-electron chi connectivity index (χ0n) is 14.2. The van der Waals surface area contributed by atoms with Crippen LogP contribution in [0.15, 0.2) is 0 Å². The zero-order chi connectivity index (χ0) is 17.2. The summed E-state index contributed by atoms with van der Waals surface area (Å²) in [6.45, 7) is 5.31. The predicted molar refractivity (Wildman–Crippen MR) is 82.3 cm³/mol. The van der Waals surface area contributed by atoms with E-state index in [9.17, 15) is 9.59 Å². The lowest BCUT2D eigenvalue weighted by atomic mass is 10.0. The third-order valence-corrected chi connectivity index (χ3v) is 3.29. The van der Waals surface area contributed by atoms with Crippen molar-refractivity contribution in [3.05, 3.63) is 0 Å². The Morgan fingerprint density at radius 1 is 0.955 bits per heavy atom. The second-order valence-electron chi connectivity index (χ2n) is 4.11. The van der Waals surface area contributed by atoms with Gasteiger partial charge in [-0.15, -0.1) is 0 Å². The van der Waals surface area contributed by atoms with Gasteiger partial charge in [0.1, 0.15) is 0 Å². The second-order valence-corrected chi connectivity index (χ2v) is 4.82. The molecule has 0 aromatic carbocycles. The molecule has 130 valence electrons. The SMILES string of the molecule is CCOC(=O)C(NC[SiH3])(OCC)C(OC)(OC)C(=O)OCC. The molecule has 0 radical (unpaired) electrons. The normalized spacial score (nSPS) is 14.4. The lowest BCUT2D eigenvalue weighted by Crippen LogP contribution is -2.74. The molecule has 0 spiro atoms. The van der Waals surface area contributed by atoms with Crippen LogP contribution in [0, 0.1) is 0 Å². The van der Waals surface area contributed by atoms with Crippen LogP contribution in [0.1, 0.15) is 20.8 Å². The second kappa shape index (κ2) is 9.90. The molecule has 1 atom stereocenters. The summed E-state index contributed by atoms with van der Waals surface area (Å²) in [5.74, 6) is -3.79. The highest BCUT2D eigenvalue weighted by Gasteiger charge is 2.66. The van der Waals surface area contributed by atoms with Gasteiger partial charge in [0.2, 0.25) is 0 Å². The van der Waals surface area contributed by atoms with E-state index < -0.39 is 23.5 Å². The number of hydrogen-bond acceptors (Lipinski definition) is 8. The molecule has 0 bridgehead atoms. The van der Waals surface area contributed by atoms with Crippen molar-refractivity contribution >= 4 is 22.2 Å². The van der Waals surface area contributed by atoms with Gasteiger partial charge in [-0.05, 0) is 26.9 Å². The van der Waals surface area contributed by atoms with Gasteiger partial charge in [-0.3, -0.25) is 5.32 Å². The van der Waals surface area contributed by atoms with Gasteiger partial charge in [-0.25, -0.2) is 9.59 Å². The van der Waals surface area contributed by atoms with Crippen molar-refractivity contribution < 1.29 is 33.3 Å². The first-order valence-electron chi connectivity index (χ1n) is 7.29. The molecule has 0 aromatic rings. The Labute approximate surface area is 134 Å². The van der Waals surface area contributed by atoms with Crippen LogP contribution in [0.25, 0.3) is 0 Å². The highest BCUT2D eigenvalue weighted by Crippen LogP contribution is 2.31. The molecule has 0 amide bonds. The third kappa shape index (κ3) is 3.85. The summed E-state index contributed by atoms with van der Waals surface area (Å²) >= 11 is 0. The molecule has 0 saturated carbocycles. The number of rotatable bonds is 11. The zero-order valence-corrected chi connectivity index (χ0v) is 16.2. The fourth-order valence-corrected chi connectivity index (χ4v) is 2.63. The molecule has 22 heavy (non-hydrogen) atoms. The monoisotopic (exact) mass is 337 g/mol. The number of carbonyl (C=O) groups is 2. The number of ether oxygens (including phenoxy) is 5. The van der Waals surface area contributed by atoms with Crippen LogP contribution in [-0.4, -0.2) is 73.9 Å². The molecule has 0 aromatic heterocycles. The number of hydrogen-bond donors (Lipinski definition) is 1. The van der Waals surface area contributed by atoms with E-state index in [4.69, 9.17) is 23.7 Å². The Morgan fingerprint density at radius 2 is 1.45 bits per heavy atom. The van der Waals surface area contributed by atoms with E-state index in [1.165, 1.54) is 14.2 Å². The number of carbonyl (C=O) groups excluding carboxylic acids is 2. The quantitative estimate of drug-likeness (QED) is 0.284. The lowest BCUT2D eigenvalue weighted by molar-refractivity contribution is -0.311. The lowest BCUT2D eigenvalue weighted by Gasteiger charge is -2.43. The van der Waals surface area contributed by atoms with E-state index in [1.807, 2.05) is 0 Å². The summed E-state index contributed by atoms with van der Waals surface area (Å²) in [5.41, 5.74) is -1.95. The van der Waals surface area contributed by atoms with Crippen LogP contribution in [0.5, 0.6) is 0 Å². The first kappa shape index (κ1) is 21.0. The molecular weight excluding hydrogens is 310 g/mol. The van der Waals surface area contributed by atoms with Crippen molar-refractivity contribution in [1.29, 1.82) is 0 Å². The van der Waals surface area contributed by atoms with Crippen LogP contribution in [0.2, 0.25) is 0 Å². The highest BCUT2D eigenvalue weighted by atomic mass is 28.1. The summed E-state index contributed by atoms with van der Waals surface area (Å²) in [4.78, 5) is 25.0. The molecule has 0 heterocycles. The minimum atomic E-state index is -2.12.